The van der Waals surface area contributed by atoms with Crippen LogP contribution in [0.2, 0.25) is 0 Å². The van der Waals surface area contributed by atoms with Gasteiger partial charge in [-0.3, -0.25) is 29.0 Å². The van der Waals surface area contributed by atoms with Crippen molar-refractivity contribution in [3.8, 4) is 17.2 Å². The third-order valence-electron chi connectivity index (χ3n) is 7.72. The van der Waals surface area contributed by atoms with Crippen molar-refractivity contribution in [3.63, 3.8) is 0 Å². The Morgan fingerprint density at radius 3 is 1.92 bits per heavy atom. The van der Waals surface area contributed by atoms with E-state index < -0.39 is 90.3 Å². The lowest BCUT2D eigenvalue weighted by atomic mass is 9.97. The number of ether oxygens (including phenoxy) is 6. The van der Waals surface area contributed by atoms with Crippen LogP contribution in [-0.2, 0) is 58.9 Å². The van der Waals surface area contributed by atoms with Gasteiger partial charge in [0.25, 0.3) is 0 Å². The molecule has 0 aromatic heterocycles. The molecule has 0 radical (unpaired) electrons. The van der Waals surface area contributed by atoms with Gasteiger partial charge in [-0.2, -0.15) is 0 Å². The van der Waals surface area contributed by atoms with E-state index in [0.717, 1.165) is 56.8 Å². The molecular formula is C37H41NO15. The molecule has 3 aromatic rings. The Bertz CT molecular complexity index is 1850. The van der Waals surface area contributed by atoms with Crippen molar-refractivity contribution in [2.75, 3.05) is 13.7 Å². The summed E-state index contributed by atoms with van der Waals surface area (Å²) in [5.74, 6) is -7.13. The molecule has 3 rings (SSSR count). The minimum absolute atomic E-state index is 0.262. The lowest BCUT2D eigenvalue weighted by Gasteiger charge is -2.34. The topological polar surface area (TPSA) is 231 Å². The van der Waals surface area contributed by atoms with Crippen LogP contribution in [-0.4, -0.2) is 102 Å². The van der Waals surface area contributed by atoms with Gasteiger partial charge in [0, 0.05) is 40.3 Å². The maximum atomic E-state index is 13.3. The maximum absolute atomic E-state index is 13.3. The zero-order valence-electron chi connectivity index (χ0n) is 29.8. The van der Waals surface area contributed by atoms with Crippen LogP contribution in [0.5, 0.6) is 17.2 Å². The molecule has 0 bridgehead atoms. The molecule has 0 aliphatic carbocycles. The summed E-state index contributed by atoms with van der Waals surface area (Å²) < 4.78 is 32.4. The average molecular weight is 740 g/mol. The second-order valence-corrected chi connectivity index (χ2v) is 11.9. The van der Waals surface area contributed by atoms with Gasteiger partial charge in [-0.05, 0) is 53.1 Å². The second kappa shape index (κ2) is 18.9. The van der Waals surface area contributed by atoms with Crippen LogP contribution in [0.1, 0.15) is 51.7 Å². The lowest BCUT2D eigenvalue weighted by Crippen LogP contribution is -2.53. The number of methoxy groups -OCH3 is 1. The first kappa shape index (κ1) is 41.2. The number of carbonyl (C=O) groups is 6. The highest BCUT2D eigenvalue weighted by Crippen LogP contribution is 2.28. The van der Waals surface area contributed by atoms with Gasteiger partial charge in [-0.1, -0.05) is 30.3 Å². The number of nitrogens with zero attached hydrogens (tertiary/aromatic N) is 1. The Hall–Kier alpha value is -6.19. The van der Waals surface area contributed by atoms with E-state index in [0.29, 0.717) is 11.3 Å². The van der Waals surface area contributed by atoms with Crippen molar-refractivity contribution in [2.45, 2.75) is 77.4 Å². The van der Waals surface area contributed by atoms with Crippen molar-refractivity contribution in [2.24, 2.45) is 4.99 Å². The number of rotatable bonds is 17. The number of aliphatic imine (C=N–C) groups is 1. The number of carbonyl (C=O) groups excluding carboxylic acids is 5. The highest BCUT2D eigenvalue weighted by atomic mass is 16.6. The highest BCUT2D eigenvalue weighted by Gasteiger charge is 2.44. The van der Waals surface area contributed by atoms with Gasteiger partial charge in [0.15, 0.2) is 42.0 Å². The molecule has 16 nitrogen and oxygen atoms in total. The van der Waals surface area contributed by atoms with Crippen molar-refractivity contribution in [1.29, 1.82) is 0 Å². The number of hydrogen-bond acceptors (Lipinski definition) is 15. The van der Waals surface area contributed by atoms with Crippen LogP contribution in [0.25, 0.3) is 10.8 Å². The van der Waals surface area contributed by atoms with Crippen LogP contribution >= 0.6 is 0 Å². The molecule has 6 atom stereocenters. The third-order valence-corrected chi connectivity index (χ3v) is 7.72. The summed E-state index contributed by atoms with van der Waals surface area (Å²) in [6.07, 6.45) is -6.49. The summed E-state index contributed by atoms with van der Waals surface area (Å²) in [4.78, 5) is 78.8. The van der Waals surface area contributed by atoms with Gasteiger partial charge in [-0.15, -0.1) is 0 Å². The first-order valence-electron chi connectivity index (χ1n) is 16.2. The molecule has 53 heavy (non-hydrogen) atoms. The first-order valence-corrected chi connectivity index (χ1v) is 16.2. The van der Waals surface area contributed by atoms with Gasteiger partial charge in [0.2, 0.25) is 0 Å². The summed E-state index contributed by atoms with van der Waals surface area (Å²) in [6, 6.07) is 12.8. The molecule has 0 spiro atoms. The molecule has 3 N–H and O–H groups in total. The average Bonchev–Trinajstić information content (AvgIpc) is 3.09. The largest absolute Gasteiger partial charge is 0.504 e. The van der Waals surface area contributed by atoms with Crippen LogP contribution < -0.4 is 4.74 Å². The number of aromatic hydroxyl groups is 2. The molecule has 16 heteroatoms. The van der Waals surface area contributed by atoms with E-state index >= 15 is 0 Å². The number of carboxylic acid groups (broad SMARTS) is 1. The van der Waals surface area contributed by atoms with Crippen LogP contribution in [0.3, 0.4) is 0 Å². The quantitative estimate of drug-likeness (QED) is 0.0780. The number of fused-ring (bicyclic) bond motifs is 1. The van der Waals surface area contributed by atoms with Crippen molar-refractivity contribution < 1.29 is 72.5 Å². The smallest absolute Gasteiger partial charge is 0.328 e. The molecule has 284 valence electrons. The highest BCUT2D eigenvalue weighted by molar-refractivity contribution is 5.87. The normalized spacial score (nSPS) is 14.5. The van der Waals surface area contributed by atoms with Gasteiger partial charge in [0.1, 0.15) is 12.4 Å². The molecule has 0 heterocycles. The third kappa shape index (κ3) is 12.2. The standard InChI is InChI=1S/C37H41NO15/c1-19(25-8-9-27-16-28(48-6)11-10-26(27)15-25)37(47)49-18-33(51-21(3)40)35(53-23(5)42)34(52-22(4)41)32(50-20(2)39)17-38-29(36(45)46)13-24-7-12-30(43)31(44)14-24/h7-12,14-17,19,29,32-35,43-44H,13,18H2,1-6H3,(H,45,46)/t19?,29-,32?,33?,34?,35?/m0/s1. The second-order valence-electron chi connectivity index (χ2n) is 11.9. The molecule has 5 unspecified atom stereocenters. The van der Waals surface area contributed by atoms with Crippen LogP contribution in [0.15, 0.2) is 59.6 Å². The summed E-state index contributed by atoms with van der Waals surface area (Å²) in [5.41, 5.74) is 0.853. The Morgan fingerprint density at radius 1 is 0.736 bits per heavy atom. The molecule has 0 aliphatic rings. The molecule has 0 fully saturated rings. The Morgan fingerprint density at radius 2 is 1.34 bits per heavy atom. The number of hydrogen-bond donors (Lipinski definition) is 3. The van der Waals surface area contributed by atoms with Crippen molar-refractivity contribution >= 4 is 52.8 Å². The van der Waals surface area contributed by atoms with Gasteiger partial charge >= 0.3 is 35.8 Å². The molecule has 0 amide bonds. The Labute approximate surface area is 304 Å². The van der Waals surface area contributed by atoms with E-state index in [9.17, 15) is 44.1 Å². The van der Waals surface area contributed by atoms with E-state index in [4.69, 9.17) is 28.4 Å². The molecule has 0 saturated heterocycles. The molecule has 0 aliphatic heterocycles. The number of carboxylic acids is 1. The first-order chi connectivity index (χ1) is 25.0. The van der Waals surface area contributed by atoms with Gasteiger partial charge < -0.3 is 43.7 Å². The van der Waals surface area contributed by atoms with E-state index in [1.54, 1.807) is 38.3 Å². The summed E-state index contributed by atoms with van der Waals surface area (Å²) >= 11 is 0. The predicted octanol–water partition coefficient (Wildman–Crippen LogP) is 3.40. The predicted molar refractivity (Wildman–Crippen MR) is 185 cm³/mol. The van der Waals surface area contributed by atoms with E-state index in [1.165, 1.54) is 6.07 Å². The fourth-order valence-corrected chi connectivity index (χ4v) is 5.22. The summed E-state index contributed by atoms with van der Waals surface area (Å²) in [5, 5.41) is 31.0. The molecule has 3 aromatic carbocycles. The fraction of sp³-hybridized carbons (Fsp3) is 0.378. The van der Waals surface area contributed by atoms with Gasteiger partial charge in [-0.25, -0.2) is 4.79 Å². The zero-order chi connectivity index (χ0) is 39.4. The Kier molecular flexibility index (Phi) is 14.7. The minimum Gasteiger partial charge on any atom is -0.504 e. The molecule has 0 saturated carbocycles. The van der Waals surface area contributed by atoms with E-state index in [2.05, 4.69) is 4.99 Å². The summed E-state index contributed by atoms with van der Waals surface area (Å²) in [7, 11) is 1.55. The zero-order valence-corrected chi connectivity index (χ0v) is 29.8. The molecular weight excluding hydrogens is 698 g/mol. The lowest BCUT2D eigenvalue weighted by molar-refractivity contribution is -0.198. The Balaban J connectivity index is 1.97. The van der Waals surface area contributed by atoms with Gasteiger partial charge in [0.05, 0.1) is 13.0 Å². The van der Waals surface area contributed by atoms with Crippen LogP contribution in [0, 0.1) is 0 Å². The SMILES string of the molecule is COc1ccc2cc(C(C)C(=O)OCC(OC(C)=O)C(OC(C)=O)C(OC(C)=O)C(C=N[C@@H](Cc3ccc(O)c(O)c3)C(=O)O)OC(C)=O)ccc2c1. The number of benzene rings is 3. The summed E-state index contributed by atoms with van der Waals surface area (Å²) in [6.45, 7) is 4.86. The minimum atomic E-state index is -1.82. The fourth-order valence-electron chi connectivity index (χ4n) is 5.22. The van der Waals surface area contributed by atoms with Crippen LogP contribution in [0.4, 0.5) is 0 Å². The number of phenolic OH excluding ortho intramolecular Hbond substituents is 2. The monoisotopic (exact) mass is 739 g/mol. The number of phenols is 2. The number of esters is 5. The van der Waals surface area contributed by atoms with Crippen molar-refractivity contribution in [3.05, 3.63) is 65.7 Å². The van der Waals surface area contributed by atoms with Crippen molar-refractivity contribution in [1.82, 2.24) is 0 Å². The number of aliphatic carboxylic acids is 1. The van der Waals surface area contributed by atoms with E-state index in [1.807, 2.05) is 12.1 Å². The maximum Gasteiger partial charge on any atom is 0.328 e. The van der Waals surface area contributed by atoms with E-state index in [-0.39, 0.29) is 12.0 Å².